The molecule has 0 aliphatic rings. The Bertz CT molecular complexity index is 92.7. The van der Waals surface area contributed by atoms with Crippen LogP contribution in [0, 0.1) is 41.7 Å². The van der Waals surface area contributed by atoms with E-state index >= 15 is 0 Å². The van der Waals surface area contributed by atoms with Crippen molar-refractivity contribution >= 4 is 10.4 Å². The Kier molecular flexibility index (Phi) is 118. The van der Waals surface area contributed by atoms with Crippen molar-refractivity contribution in [2.24, 2.45) is 0 Å². The molecule has 12 N–H and O–H groups in total. The fraction of sp³-hybridized carbons (Fsp3) is 0. The Hall–Kier alpha value is 1.05. The van der Waals surface area contributed by atoms with Gasteiger partial charge in [-0.25, -0.2) is 0 Å². The summed E-state index contributed by atoms with van der Waals surface area (Å²) in [5.41, 5.74) is 0. The molecule has 0 aromatic rings. The molecule has 0 amide bonds. The molecule has 0 atom stereocenters. The van der Waals surface area contributed by atoms with E-state index in [-0.39, 0.29) is 69.1 Å². The summed E-state index contributed by atoms with van der Waals surface area (Å²) in [6.45, 7) is 0. The second-order valence-electron chi connectivity index (χ2n) is 0.448. The second kappa shape index (κ2) is 22.5. The minimum atomic E-state index is -4.67. The van der Waals surface area contributed by atoms with Gasteiger partial charge in [-0.1, -0.05) is 0 Å². The Morgan fingerprint density at radius 3 is 0.727 bits per heavy atom. The Labute approximate surface area is 96.3 Å². The van der Waals surface area contributed by atoms with Gasteiger partial charge in [0.05, 0.1) is 0 Å². The van der Waals surface area contributed by atoms with Crippen LogP contribution in [0.4, 0.5) is 0 Å². The predicted molar refractivity (Wildman–Crippen MR) is 32.2 cm³/mol. The van der Waals surface area contributed by atoms with E-state index < -0.39 is 10.4 Å². The number of rotatable bonds is 0. The zero-order valence-corrected chi connectivity index (χ0v) is 9.08. The van der Waals surface area contributed by atoms with Gasteiger partial charge >= 0.3 is 10.4 Å². The quantitative estimate of drug-likeness (QED) is 0.416. The molecule has 11 heavy (non-hydrogen) atoms. The average Bonchev–Trinajstić information content (AvgIpc) is 0.722. The standard InChI is InChI=1S/Ce.H2O4S.5H2O/c;1-5(2,3)4;;;;;/h;(H2,1,2,3,4);5*1H2. The molecule has 0 aromatic carbocycles. The van der Waals surface area contributed by atoms with Crippen LogP contribution in [-0.4, -0.2) is 44.9 Å². The Morgan fingerprint density at radius 2 is 0.727 bits per heavy atom. The molecule has 0 saturated carbocycles. The van der Waals surface area contributed by atoms with E-state index in [1.807, 2.05) is 0 Å². The maximum atomic E-state index is 8.74. The molecule has 0 spiro atoms. The van der Waals surface area contributed by atoms with Crippen molar-refractivity contribution in [1.29, 1.82) is 0 Å². The third-order valence-electron chi connectivity index (χ3n) is 0. The third kappa shape index (κ3) is 825. The minimum Gasteiger partial charge on any atom is -0.412 e. The largest absolute Gasteiger partial charge is 0.412 e. The summed E-state index contributed by atoms with van der Waals surface area (Å²) in [6.07, 6.45) is 0. The first-order valence-corrected chi connectivity index (χ1v) is 2.10. The van der Waals surface area contributed by atoms with Gasteiger partial charge in [0.15, 0.2) is 0 Å². The summed E-state index contributed by atoms with van der Waals surface area (Å²) in [5, 5.41) is 0. The van der Waals surface area contributed by atoms with Gasteiger partial charge < -0.3 is 27.4 Å². The van der Waals surface area contributed by atoms with Crippen molar-refractivity contribution in [3.63, 3.8) is 0 Å². The maximum Gasteiger partial charge on any atom is 0.394 e. The second-order valence-corrected chi connectivity index (χ2v) is 1.34. The third-order valence-corrected chi connectivity index (χ3v) is 0. The maximum absolute atomic E-state index is 8.74. The van der Waals surface area contributed by atoms with E-state index in [4.69, 9.17) is 17.5 Å². The summed E-state index contributed by atoms with van der Waals surface area (Å²) in [7, 11) is -4.67. The SMILES string of the molecule is O.O.O.O.O.O=S(=O)(O)O.[Ce]. The first-order chi connectivity index (χ1) is 2.00. The summed E-state index contributed by atoms with van der Waals surface area (Å²) in [5.74, 6) is 0. The Morgan fingerprint density at radius 1 is 0.727 bits per heavy atom. The van der Waals surface area contributed by atoms with Crippen LogP contribution in [0.25, 0.3) is 0 Å². The number of hydrogen-bond donors (Lipinski definition) is 2. The van der Waals surface area contributed by atoms with Crippen molar-refractivity contribution in [3.8, 4) is 0 Å². The van der Waals surface area contributed by atoms with Crippen LogP contribution < -0.4 is 0 Å². The predicted octanol–water partition coefficient (Wildman–Crippen LogP) is -4.78. The van der Waals surface area contributed by atoms with E-state index in [2.05, 4.69) is 0 Å². The molecule has 0 unspecified atom stereocenters. The first-order valence-electron chi connectivity index (χ1n) is 0.698. The van der Waals surface area contributed by atoms with E-state index in [1.165, 1.54) is 0 Å². The summed E-state index contributed by atoms with van der Waals surface area (Å²) in [4.78, 5) is 0. The molecular formula is H12CeO9S. The van der Waals surface area contributed by atoms with Crippen LogP contribution in [0.2, 0.25) is 0 Å². The van der Waals surface area contributed by atoms with Crippen molar-refractivity contribution in [2.75, 3.05) is 0 Å². The van der Waals surface area contributed by atoms with Gasteiger partial charge in [0.2, 0.25) is 0 Å². The average molecular weight is 328 g/mol. The van der Waals surface area contributed by atoms with Gasteiger partial charge in [0.25, 0.3) is 0 Å². The molecule has 0 aliphatic carbocycles. The molecular weight excluding hydrogens is 316 g/mol. The van der Waals surface area contributed by atoms with Gasteiger partial charge in [-0.3, -0.25) is 9.11 Å². The van der Waals surface area contributed by atoms with Gasteiger partial charge in [-0.2, -0.15) is 8.42 Å². The first kappa shape index (κ1) is 57.7. The van der Waals surface area contributed by atoms with Crippen LogP contribution in [0.3, 0.4) is 0 Å². The minimum absolute atomic E-state index is 0. The van der Waals surface area contributed by atoms with Crippen molar-refractivity contribution in [2.45, 2.75) is 0 Å². The van der Waals surface area contributed by atoms with Crippen LogP contribution in [0.15, 0.2) is 0 Å². The molecule has 11 heteroatoms. The van der Waals surface area contributed by atoms with Crippen molar-refractivity contribution in [3.05, 3.63) is 0 Å². The number of hydrogen-bond acceptors (Lipinski definition) is 2. The molecule has 0 aromatic heterocycles. The van der Waals surface area contributed by atoms with Gasteiger partial charge in [-0.15, -0.1) is 0 Å². The molecule has 0 aliphatic heterocycles. The summed E-state index contributed by atoms with van der Waals surface area (Å²) >= 11 is 0. The van der Waals surface area contributed by atoms with E-state index in [0.717, 1.165) is 0 Å². The van der Waals surface area contributed by atoms with E-state index in [1.54, 1.807) is 0 Å². The van der Waals surface area contributed by atoms with Crippen LogP contribution in [0.1, 0.15) is 0 Å². The summed E-state index contributed by atoms with van der Waals surface area (Å²) in [6, 6.07) is 0. The molecule has 0 bridgehead atoms. The van der Waals surface area contributed by atoms with Crippen molar-refractivity contribution in [1.82, 2.24) is 0 Å². The smallest absolute Gasteiger partial charge is 0.394 e. The molecule has 0 fully saturated rings. The van der Waals surface area contributed by atoms with Crippen molar-refractivity contribution < 1.29 is 86.7 Å². The molecule has 9 nitrogen and oxygen atoms in total. The van der Waals surface area contributed by atoms with Gasteiger partial charge in [0, 0.05) is 41.7 Å². The normalized spacial score (nSPS) is 5.27. The molecule has 0 saturated heterocycles. The molecule has 0 heterocycles. The van der Waals surface area contributed by atoms with Gasteiger partial charge in [-0.05, 0) is 0 Å². The monoisotopic (exact) mass is 328 g/mol. The molecule has 76 valence electrons. The zero-order valence-electron chi connectivity index (χ0n) is 5.12. The molecule has 0 rings (SSSR count). The van der Waals surface area contributed by atoms with E-state index in [0.29, 0.717) is 0 Å². The van der Waals surface area contributed by atoms with Gasteiger partial charge in [0.1, 0.15) is 0 Å². The van der Waals surface area contributed by atoms with Crippen LogP contribution >= 0.6 is 0 Å². The van der Waals surface area contributed by atoms with E-state index in [9.17, 15) is 0 Å². The zero-order chi connectivity index (χ0) is 4.50. The Balaban J connectivity index is -0.00000000533. The van der Waals surface area contributed by atoms with Crippen LogP contribution in [-0.2, 0) is 10.4 Å². The fourth-order valence-electron chi connectivity index (χ4n) is 0. The topological polar surface area (TPSA) is 232 Å². The van der Waals surface area contributed by atoms with Crippen LogP contribution in [0.5, 0.6) is 0 Å². The fourth-order valence-corrected chi connectivity index (χ4v) is 0. The summed E-state index contributed by atoms with van der Waals surface area (Å²) < 4.78 is 31.6. The molecule has 0 radical (unpaired) electrons.